The number of hydrogen-bond acceptors (Lipinski definition) is 1. The third-order valence-corrected chi connectivity index (χ3v) is 4.62. The van der Waals surface area contributed by atoms with E-state index in [9.17, 15) is 0 Å². The lowest BCUT2D eigenvalue weighted by molar-refractivity contribution is 0.427. The lowest BCUT2D eigenvalue weighted by atomic mass is 9.97. The van der Waals surface area contributed by atoms with Gasteiger partial charge in [-0.3, -0.25) is 0 Å². The van der Waals surface area contributed by atoms with Crippen LogP contribution in [0.5, 0.6) is 0 Å². The van der Waals surface area contributed by atoms with Gasteiger partial charge in [0.15, 0.2) is 0 Å². The van der Waals surface area contributed by atoms with Gasteiger partial charge in [0.1, 0.15) is 0 Å². The first-order valence-electron chi connectivity index (χ1n) is 8.16. The summed E-state index contributed by atoms with van der Waals surface area (Å²) in [6.07, 6.45) is 5.07. The molecule has 0 aliphatic heterocycles. The van der Waals surface area contributed by atoms with Gasteiger partial charge in [0.05, 0.1) is 0 Å². The minimum absolute atomic E-state index is 0.420. The van der Waals surface area contributed by atoms with Crippen LogP contribution in [0.15, 0.2) is 60.7 Å². The Labute approximate surface area is 128 Å². The van der Waals surface area contributed by atoms with Crippen molar-refractivity contribution in [2.45, 2.75) is 44.7 Å². The second-order valence-electron chi connectivity index (χ2n) is 6.43. The molecule has 3 atom stereocenters. The molecular formula is C20H25N. The van der Waals surface area contributed by atoms with Crippen LogP contribution >= 0.6 is 0 Å². The third kappa shape index (κ3) is 3.95. The van der Waals surface area contributed by atoms with Crippen molar-refractivity contribution >= 4 is 0 Å². The van der Waals surface area contributed by atoms with Crippen LogP contribution in [0.25, 0.3) is 0 Å². The van der Waals surface area contributed by atoms with Crippen molar-refractivity contribution in [3.8, 4) is 0 Å². The van der Waals surface area contributed by atoms with Gasteiger partial charge in [-0.15, -0.1) is 0 Å². The first kappa shape index (κ1) is 14.3. The second-order valence-corrected chi connectivity index (χ2v) is 6.43. The molecule has 1 nitrogen and oxygen atoms in total. The fourth-order valence-corrected chi connectivity index (χ4v) is 3.45. The first-order valence-corrected chi connectivity index (χ1v) is 8.16. The summed E-state index contributed by atoms with van der Waals surface area (Å²) in [5, 5.41) is 3.91. The van der Waals surface area contributed by atoms with Crippen molar-refractivity contribution < 1.29 is 0 Å². The van der Waals surface area contributed by atoms with Gasteiger partial charge in [0.25, 0.3) is 0 Å². The molecule has 3 unspecified atom stereocenters. The van der Waals surface area contributed by atoms with Gasteiger partial charge >= 0.3 is 0 Å². The van der Waals surface area contributed by atoms with E-state index in [2.05, 4.69) is 72.9 Å². The molecule has 0 spiro atoms. The maximum absolute atomic E-state index is 3.91. The van der Waals surface area contributed by atoms with Gasteiger partial charge in [-0.05, 0) is 42.7 Å². The van der Waals surface area contributed by atoms with Gasteiger partial charge in [-0.25, -0.2) is 0 Å². The van der Waals surface area contributed by atoms with Gasteiger partial charge in [-0.1, -0.05) is 67.6 Å². The van der Waals surface area contributed by atoms with E-state index in [-0.39, 0.29) is 0 Å². The lowest BCUT2D eigenvalue weighted by Crippen LogP contribution is -2.32. The average Bonchev–Trinajstić information content (AvgIpc) is 2.94. The standard InChI is InChI=1S/C20H25N/c1-16-12-13-19(14-16)21-20(18-10-6-3-7-11-18)15-17-8-4-2-5-9-17/h2-11,16,19-21H,12-15H2,1H3. The number of hydrogen-bond donors (Lipinski definition) is 1. The van der Waals surface area contributed by atoms with Crippen LogP contribution in [-0.4, -0.2) is 6.04 Å². The summed E-state index contributed by atoms with van der Waals surface area (Å²) in [7, 11) is 0. The van der Waals surface area contributed by atoms with E-state index < -0.39 is 0 Å². The Morgan fingerprint density at radius 1 is 0.952 bits per heavy atom. The van der Waals surface area contributed by atoms with Gasteiger partial charge in [-0.2, -0.15) is 0 Å². The van der Waals surface area contributed by atoms with Gasteiger partial charge in [0.2, 0.25) is 0 Å². The molecule has 1 fully saturated rings. The number of rotatable bonds is 5. The minimum atomic E-state index is 0.420. The van der Waals surface area contributed by atoms with Crippen molar-refractivity contribution in [2.75, 3.05) is 0 Å². The quantitative estimate of drug-likeness (QED) is 0.833. The van der Waals surface area contributed by atoms with Crippen LogP contribution in [0, 0.1) is 5.92 Å². The normalized spacial score (nSPS) is 23.1. The molecule has 1 saturated carbocycles. The molecule has 1 aliphatic carbocycles. The number of benzene rings is 2. The van der Waals surface area contributed by atoms with Crippen LogP contribution < -0.4 is 5.32 Å². The van der Waals surface area contributed by atoms with E-state index in [0.717, 1.165) is 12.3 Å². The van der Waals surface area contributed by atoms with Crippen LogP contribution in [0.1, 0.15) is 43.4 Å². The topological polar surface area (TPSA) is 12.0 Å². The summed E-state index contributed by atoms with van der Waals surface area (Å²) in [6, 6.07) is 22.8. The molecule has 0 saturated heterocycles. The molecule has 110 valence electrons. The highest BCUT2D eigenvalue weighted by Crippen LogP contribution is 2.28. The van der Waals surface area contributed by atoms with Crippen LogP contribution in [0.2, 0.25) is 0 Å². The number of nitrogens with one attached hydrogen (secondary N) is 1. The molecule has 0 heterocycles. The molecule has 2 aromatic rings. The first-order chi connectivity index (χ1) is 10.3. The lowest BCUT2D eigenvalue weighted by Gasteiger charge is -2.24. The molecule has 2 aromatic carbocycles. The smallest absolute Gasteiger partial charge is 0.0363 e. The molecule has 0 amide bonds. The molecule has 3 rings (SSSR count). The predicted molar refractivity (Wildman–Crippen MR) is 89.3 cm³/mol. The zero-order chi connectivity index (χ0) is 14.5. The summed E-state index contributed by atoms with van der Waals surface area (Å²) in [5.74, 6) is 0.871. The summed E-state index contributed by atoms with van der Waals surface area (Å²) < 4.78 is 0. The molecule has 21 heavy (non-hydrogen) atoms. The van der Waals surface area contributed by atoms with Crippen LogP contribution in [0.4, 0.5) is 0 Å². The van der Waals surface area contributed by atoms with E-state index in [4.69, 9.17) is 0 Å². The van der Waals surface area contributed by atoms with Gasteiger partial charge < -0.3 is 5.32 Å². The summed E-state index contributed by atoms with van der Waals surface area (Å²) in [4.78, 5) is 0. The van der Waals surface area contributed by atoms with E-state index in [1.54, 1.807) is 0 Å². The predicted octanol–water partition coefficient (Wildman–Crippen LogP) is 4.75. The fraction of sp³-hybridized carbons (Fsp3) is 0.400. The molecular weight excluding hydrogens is 254 g/mol. The van der Waals surface area contributed by atoms with Crippen molar-refractivity contribution in [3.63, 3.8) is 0 Å². The van der Waals surface area contributed by atoms with Crippen molar-refractivity contribution in [3.05, 3.63) is 71.8 Å². The molecule has 0 radical (unpaired) electrons. The monoisotopic (exact) mass is 279 g/mol. The maximum atomic E-state index is 3.91. The zero-order valence-corrected chi connectivity index (χ0v) is 12.8. The molecule has 1 aliphatic rings. The van der Waals surface area contributed by atoms with Crippen LogP contribution in [-0.2, 0) is 6.42 Å². The van der Waals surface area contributed by atoms with Gasteiger partial charge in [0, 0.05) is 12.1 Å². The maximum Gasteiger partial charge on any atom is 0.0363 e. The molecule has 0 aromatic heterocycles. The zero-order valence-electron chi connectivity index (χ0n) is 12.8. The van der Waals surface area contributed by atoms with E-state index in [1.165, 1.54) is 30.4 Å². The highest BCUT2D eigenvalue weighted by Gasteiger charge is 2.24. The largest absolute Gasteiger partial charge is 0.307 e. The molecule has 0 bridgehead atoms. The Balaban J connectivity index is 1.74. The fourth-order valence-electron chi connectivity index (χ4n) is 3.45. The SMILES string of the molecule is CC1CCC(NC(Cc2ccccc2)c2ccccc2)C1. The highest BCUT2D eigenvalue weighted by atomic mass is 15.0. The Kier molecular flexibility index (Phi) is 4.72. The summed E-state index contributed by atoms with van der Waals surface area (Å²) in [5.41, 5.74) is 2.81. The Morgan fingerprint density at radius 3 is 2.24 bits per heavy atom. The van der Waals surface area contributed by atoms with Crippen molar-refractivity contribution in [1.82, 2.24) is 5.32 Å². The molecule has 1 heteroatoms. The van der Waals surface area contributed by atoms with E-state index >= 15 is 0 Å². The minimum Gasteiger partial charge on any atom is -0.307 e. The summed E-state index contributed by atoms with van der Waals surface area (Å²) in [6.45, 7) is 2.37. The average molecular weight is 279 g/mol. The Morgan fingerprint density at radius 2 is 1.62 bits per heavy atom. The van der Waals surface area contributed by atoms with Crippen molar-refractivity contribution in [2.24, 2.45) is 5.92 Å². The summed E-state index contributed by atoms with van der Waals surface area (Å²) >= 11 is 0. The van der Waals surface area contributed by atoms with E-state index in [1.807, 2.05) is 0 Å². The Hall–Kier alpha value is -1.60. The Bertz CT molecular complexity index is 534. The molecule has 1 N–H and O–H groups in total. The van der Waals surface area contributed by atoms with Crippen LogP contribution in [0.3, 0.4) is 0 Å². The van der Waals surface area contributed by atoms with Crippen molar-refractivity contribution in [1.29, 1.82) is 0 Å². The van der Waals surface area contributed by atoms with E-state index in [0.29, 0.717) is 12.1 Å². The highest BCUT2D eigenvalue weighted by molar-refractivity contribution is 5.24. The third-order valence-electron chi connectivity index (χ3n) is 4.62. The second kappa shape index (κ2) is 6.91.